The van der Waals surface area contributed by atoms with Crippen LogP contribution in [0.15, 0.2) is 77.7 Å². The van der Waals surface area contributed by atoms with Gasteiger partial charge in [0.15, 0.2) is 0 Å². The summed E-state index contributed by atoms with van der Waals surface area (Å²) < 4.78 is 0. The Morgan fingerprint density at radius 2 is 1.72 bits per heavy atom. The Hall–Kier alpha value is -2.23. The van der Waals surface area contributed by atoms with Crippen LogP contribution in [0.4, 0.5) is 5.69 Å². The van der Waals surface area contributed by atoms with Crippen LogP contribution in [0.1, 0.15) is 21.5 Å². The molecule has 4 heteroatoms. The van der Waals surface area contributed by atoms with E-state index in [0.717, 1.165) is 11.3 Å². The Balaban J connectivity index is 1.61. The van der Waals surface area contributed by atoms with Crippen molar-refractivity contribution in [2.45, 2.75) is 17.6 Å². The molecule has 25 heavy (non-hydrogen) atoms. The summed E-state index contributed by atoms with van der Waals surface area (Å²) in [6.07, 6.45) is 0. The number of thioether (sulfide) groups is 1. The third kappa shape index (κ3) is 4.88. The van der Waals surface area contributed by atoms with Gasteiger partial charge in [0.1, 0.15) is 0 Å². The van der Waals surface area contributed by atoms with Gasteiger partial charge in [0, 0.05) is 26.9 Å². The summed E-state index contributed by atoms with van der Waals surface area (Å²) in [7, 11) is 0. The Bertz CT molecular complexity index is 863. The smallest absolute Gasteiger partial charge is 0.255 e. The molecule has 1 N–H and O–H groups in total. The molecule has 0 saturated heterocycles. The molecular weight excluding hydrogens is 350 g/mol. The highest BCUT2D eigenvalue weighted by atomic mass is 35.5. The van der Waals surface area contributed by atoms with Crippen LogP contribution in [-0.4, -0.2) is 5.91 Å². The molecule has 126 valence electrons. The molecule has 1 amide bonds. The molecule has 3 aromatic carbocycles. The van der Waals surface area contributed by atoms with E-state index in [4.69, 9.17) is 11.6 Å². The minimum atomic E-state index is -0.137. The van der Waals surface area contributed by atoms with Gasteiger partial charge in [-0.05, 0) is 54.4 Å². The molecule has 0 saturated carbocycles. The summed E-state index contributed by atoms with van der Waals surface area (Å²) in [5.74, 6) is 0.738. The number of carbonyl (C=O) groups is 1. The lowest BCUT2D eigenvalue weighted by Gasteiger charge is -2.08. The van der Waals surface area contributed by atoms with Crippen molar-refractivity contribution in [3.63, 3.8) is 0 Å². The van der Waals surface area contributed by atoms with E-state index in [1.807, 2.05) is 61.5 Å². The number of halogens is 1. The van der Waals surface area contributed by atoms with Crippen LogP contribution in [0.2, 0.25) is 5.02 Å². The summed E-state index contributed by atoms with van der Waals surface area (Å²) in [6, 6.07) is 23.5. The summed E-state index contributed by atoms with van der Waals surface area (Å²) >= 11 is 7.87. The number of aryl methyl sites for hydroxylation is 1. The Kier molecular flexibility index (Phi) is 5.79. The van der Waals surface area contributed by atoms with E-state index < -0.39 is 0 Å². The van der Waals surface area contributed by atoms with Gasteiger partial charge in [-0.2, -0.15) is 0 Å². The van der Waals surface area contributed by atoms with Gasteiger partial charge in [-0.25, -0.2) is 0 Å². The van der Waals surface area contributed by atoms with Crippen LogP contribution in [-0.2, 0) is 5.75 Å². The Morgan fingerprint density at radius 3 is 2.40 bits per heavy atom. The average Bonchev–Trinajstić information content (AvgIpc) is 2.64. The molecule has 0 atom stereocenters. The molecule has 0 aliphatic carbocycles. The molecule has 3 aromatic rings. The maximum Gasteiger partial charge on any atom is 0.255 e. The van der Waals surface area contributed by atoms with Gasteiger partial charge in [-0.3, -0.25) is 4.79 Å². The maximum atomic E-state index is 12.3. The molecule has 2 nitrogen and oxygen atoms in total. The largest absolute Gasteiger partial charge is 0.322 e. The van der Waals surface area contributed by atoms with Crippen molar-refractivity contribution in [3.05, 3.63) is 94.5 Å². The minimum Gasteiger partial charge on any atom is -0.322 e. The van der Waals surface area contributed by atoms with Crippen LogP contribution in [0.5, 0.6) is 0 Å². The van der Waals surface area contributed by atoms with E-state index in [-0.39, 0.29) is 5.91 Å². The van der Waals surface area contributed by atoms with Crippen molar-refractivity contribution < 1.29 is 4.79 Å². The summed E-state index contributed by atoms with van der Waals surface area (Å²) in [4.78, 5) is 13.6. The van der Waals surface area contributed by atoms with Crippen molar-refractivity contribution in [3.8, 4) is 0 Å². The zero-order valence-corrected chi connectivity index (χ0v) is 15.4. The van der Waals surface area contributed by atoms with Crippen molar-refractivity contribution in [1.29, 1.82) is 0 Å². The molecular formula is C21H18ClNOS. The van der Waals surface area contributed by atoms with Gasteiger partial charge in [-0.15, -0.1) is 11.8 Å². The zero-order chi connectivity index (χ0) is 17.6. The quantitative estimate of drug-likeness (QED) is 0.544. The molecule has 0 bridgehead atoms. The molecule has 0 unspecified atom stereocenters. The number of hydrogen-bond donors (Lipinski definition) is 1. The SMILES string of the molecule is Cc1ccc(NC(=O)c2ccc(CSc3ccccc3)cc2)cc1Cl. The molecule has 0 fully saturated rings. The fourth-order valence-corrected chi connectivity index (χ4v) is 3.37. The van der Waals surface area contributed by atoms with Crippen molar-refractivity contribution in [2.24, 2.45) is 0 Å². The number of amides is 1. The standard InChI is InChI=1S/C21H18ClNOS/c1-15-7-12-18(13-20(15)22)23-21(24)17-10-8-16(9-11-17)14-25-19-5-3-2-4-6-19/h2-13H,14H2,1H3,(H,23,24). The van der Waals surface area contributed by atoms with Gasteiger partial charge >= 0.3 is 0 Å². The lowest BCUT2D eigenvalue weighted by Crippen LogP contribution is -2.11. The van der Waals surface area contributed by atoms with Crippen LogP contribution in [0, 0.1) is 6.92 Å². The van der Waals surface area contributed by atoms with E-state index in [2.05, 4.69) is 17.4 Å². The summed E-state index contributed by atoms with van der Waals surface area (Å²) in [5, 5.41) is 3.52. The Morgan fingerprint density at radius 1 is 1.00 bits per heavy atom. The van der Waals surface area contributed by atoms with E-state index in [1.54, 1.807) is 17.8 Å². The summed E-state index contributed by atoms with van der Waals surface area (Å²) in [5.41, 5.74) is 3.50. The fraction of sp³-hybridized carbons (Fsp3) is 0.0952. The van der Waals surface area contributed by atoms with Gasteiger partial charge in [-0.1, -0.05) is 48.0 Å². The van der Waals surface area contributed by atoms with E-state index in [9.17, 15) is 4.79 Å². The van der Waals surface area contributed by atoms with Crippen LogP contribution >= 0.6 is 23.4 Å². The normalized spacial score (nSPS) is 10.5. The highest BCUT2D eigenvalue weighted by molar-refractivity contribution is 7.98. The number of carbonyl (C=O) groups excluding carboxylic acids is 1. The summed E-state index contributed by atoms with van der Waals surface area (Å²) in [6.45, 7) is 1.93. The van der Waals surface area contributed by atoms with E-state index in [1.165, 1.54) is 10.5 Å². The molecule has 0 heterocycles. The minimum absolute atomic E-state index is 0.137. The lowest BCUT2D eigenvalue weighted by atomic mass is 10.1. The lowest BCUT2D eigenvalue weighted by molar-refractivity contribution is 0.102. The van der Waals surface area contributed by atoms with Crippen LogP contribution in [0.25, 0.3) is 0 Å². The van der Waals surface area contributed by atoms with Crippen molar-refractivity contribution in [2.75, 3.05) is 5.32 Å². The second-order valence-corrected chi connectivity index (χ2v) is 7.17. The first-order valence-corrected chi connectivity index (χ1v) is 9.32. The second kappa shape index (κ2) is 8.24. The van der Waals surface area contributed by atoms with E-state index >= 15 is 0 Å². The first-order valence-electron chi connectivity index (χ1n) is 7.96. The predicted molar refractivity (Wildman–Crippen MR) is 107 cm³/mol. The monoisotopic (exact) mass is 367 g/mol. The molecule has 0 aliphatic rings. The highest BCUT2D eigenvalue weighted by Gasteiger charge is 2.07. The fourth-order valence-electron chi connectivity index (χ4n) is 2.31. The second-order valence-electron chi connectivity index (χ2n) is 5.72. The van der Waals surface area contributed by atoms with Crippen molar-refractivity contribution in [1.82, 2.24) is 0 Å². The molecule has 0 aliphatic heterocycles. The zero-order valence-electron chi connectivity index (χ0n) is 13.8. The molecule has 0 aromatic heterocycles. The maximum absolute atomic E-state index is 12.3. The first-order chi connectivity index (χ1) is 12.1. The first kappa shape index (κ1) is 17.6. The van der Waals surface area contributed by atoms with Crippen LogP contribution < -0.4 is 5.32 Å². The average molecular weight is 368 g/mol. The number of nitrogens with one attached hydrogen (secondary N) is 1. The topological polar surface area (TPSA) is 29.1 Å². The molecule has 0 spiro atoms. The number of benzene rings is 3. The van der Waals surface area contributed by atoms with E-state index in [0.29, 0.717) is 16.3 Å². The van der Waals surface area contributed by atoms with Gasteiger partial charge in [0.2, 0.25) is 0 Å². The van der Waals surface area contributed by atoms with Gasteiger partial charge in [0.05, 0.1) is 0 Å². The van der Waals surface area contributed by atoms with Crippen molar-refractivity contribution >= 4 is 35.0 Å². The molecule has 0 radical (unpaired) electrons. The van der Waals surface area contributed by atoms with Crippen LogP contribution in [0.3, 0.4) is 0 Å². The number of anilines is 1. The Labute approximate surface area is 157 Å². The highest BCUT2D eigenvalue weighted by Crippen LogP contribution is 2.23. The molecule has 3 rings (SSSR count). The van der Waals surface area contributed by atoms with Gasteiger partial charge in [0.25, 0.3) is 5.91 Å². The van der Waals surface area contributed by atoms with Gasteiger partial charge < -0.3 is 5.32 Å². The predicted octanol–water partition coefficient (Wildman–Crippen LogP) is 6.19. The number of hydrogen-bond acceptors (Lipinski definition) is 2. The third-order valence-electron chi connectivity index (χ3n) is 3.79. The third-order valence-corrected chi connectivity index (χ3v) is 5.28. The number of rotatable bonds is 5.